The Hall–Kier alpha value is 0.690. The Morgan fingerprint density at radius 2 is 1.08 bits per heavy atom. The summed E-state index contributed by atoms with van der Waals surface area (Å²) in [6.07, 6.45) is 20.4. The molecule has 0 aromatic heterocycles. The molecule has 0 aliphatic rings. The smallest absolute Gasteiger partial charge is 1.00 e. The van der Waals surface area contributed by atoms with E-state index >= 15 is 0 Å². The first-order chi connectivity index (χ1) is 11.7. The second-order valence-corrected chi connectivity index (χ2v) is 7.15. The van der Waals surface area contributed by atoms with Crippen LogP contribution in [0.3, 0.4) is 0 Å². The van der Waals surface area contributed by atoms with Gasteiger partial charge in [-0.2, -0.15) is 0 Å². The molecule has 0 amide bonds. The first-order valence-electron chi connectivity index (χ1n) is 10.5. The van der Waals surface area contributed by atoms with Crippen LogP contribution in [0.4, 0.5) is 0 Å². The maximum absolute atomic E-state index is 11.0. The fraction of sp³-hybridized carbons (Fsp3) is 0.952. The van der Waals surface area contributed by atoms with E-state index in [-0.39, 0.29) is 40.6 Å². The molecule has 0 spiro atoms. The predicted molar refractivity (Wildman–Crippen MR) is 110 cm³/mol. The summed E-state index contributed by atoms with van der Waals surface area (Å²) < 4.78 is 4.93. The van der Waals surface area contributed by atoms with E-state index < -0.39 is 12.1 Å². The summed E-state index contributed by atoms with van der Waals surface area (Å²) in [5, 5.41) is 8.98. The van der Waals surface area contributed by atoms with Crippen molar-refractivity contribution in [2.45, 2.75) is 123 Å². The molecular weight excluding hydrogens is 340 g/mol. The zero-order valence-electron chi connectivity index (χ0n) is 19.1. The summed E-state index contributed by atoms with van der Waals surface area (Å²) in [5.74, 6) is -0.504. The molecule has 0 fully saturated rings. The van der Waals surface area contributed by atoms with E-state index in [1.807, 2.05) is 0 Å². The van der Waals surface area contributed by atoms with Crippen LogP contribution in [0, 0.1) is 0 Å². The molecule has 3 nitrogen and oxygen atoms in total. The average molecular weight is 385 g/mol. The molecule has 0 aliphatic heterocycles. The van der Waals surface area contributed by atoms with Crippen molar-refractivity contribution >= 4 is 43.7 Å². The molecular formula is C21H44CaO3. The van der Waals surface area contributed by atoms with Crippen molar-refractivity contribution in [2.75, 3.05) is 6.61 Å². The number of carbonyl (C=O) groups excluding carboxylic acids is 1. The van der Waals surface area contributed by atoms with Crippen molar-refractivity contribution < 1.29 is 17.5 Å². The van der Waals surface area contributed by atoms with Crippen LogP contribution in [0.1, 0.15) is 119 Å². The van der Waals surface area contributed by atoms with Gasteiger partial charge in [-0.15, -0.1) is 0 Å². The minimum atomic E-state index is -0.994. The number of hydrogen-bond donors (Lipinski definition) is 1. The summed E-state index contributed by atoms with van der Waals surface area (Å²) in [4.78, 5) is 11.0. The number of aliphatic hydroxyl groups excluding tert-OH is 1. The average Bonchev–Trinajstić information content (AvgIpc) is 2.57. The largest absolute Gasteiger partial charge is 2.00 e. The van der Waals surface area contributed by atoms with Crippen molar-refractivity contribution in [1.82, 2.24) is 0 Å². The van der Waals surface area contributed by atoms with E-state index in [2.05, 4.69) is 6.92 Å². The minimum Gasteiger partial charge on any atom is -1.00 e. The zero-order valence-corrected chi connectivity index (χ0v) is 19.3. The fourth-order valence-corrected chi connectivity index (χ4v) is 2.94. The molecule has 25 heavy (non-hydrogen) atoms. The number of ether oxygens (including phenoxy) is 1. The van der Waals surface area contributed by atoms with Crippen LogP contribution in [0.15, 0.2) is 0 Å². The molecule has 148 valence electrons. The monoisotopic (exact) mass is 384 g/mol. The molecule has 0 saturated heterocycles. The molecule has 0 rings (SSSR count). The molecule has 1 atom stereocenters. The van der Waals surface area contributed by atoms with Crippen molar-refractivity contribution in [3.63, 3.8) is 0 Å². The summed E-state index contributed by atoms with van der Waals surface area (Å²) in [7, 11) is 0. The molecule has 0 saturated carbocycles. The third kappa shape index (κ3) is 22.6. The van der Waals surface area contributed by atoms with E-state index in [1.165, 1.54) is 96.8 Å². The standard InChI is InChI=1S/C21H42O3.Ca.2H/c1-3-4-5-6-7-8-9-10-11-12-13-14-15-16-17-18-19-24-21(23)20(2)22;;;/h20,22H,3-19H2,1-2H3;;;/q;+2;2*-1. The topological polar surface area (TPSA) is 46.5 Å². The normalized spacial score (nSPS) is 11.8. The third-order valence-electron chi connectivity index (χ3n) is 4.58. The number of aliphatic hydroxyl groups is 1. The number of esters is 1. The first-order valence-corrected chi connectivity index (χ1v) is 10.5. The van der Waals surface area contributed by atoms with Gasteiger partial charge in [-0.05, 0) is 13.3 Å². The number of unbranched alkanes of at least 4 members (excludes halogenated alkanes) is 15. The number of hydrogen-bond acceptors (Lipinski definition) is 3. The Kier molecular flexibility index (Phi) is 25.4. The van der Waals surface area contributed by atoms with Crippen LogP contribution in [0.25, 0.3) is 0 Å². The molecule has 0 aliphatic carbocycles. The summed E-state index contributed by atoms with van der Waals surface area (Å²) in [6, 6.07) is 0. The van der Waals surface area contributed by atoms with Gasteiger partial charge < -0.3 is 12.7 Å². The van der Waals surface area contributed by atoms with Crippen molar-refractivity contribution in [2.24, 2.45) is 0 Å². The van der Waals surface area contributed by atoms with Crippen molar-refractivity contribution in [3.05, 3.63) is 0 Å². The molecule has 0 aromatic rings. The van der Waals surface area contributed by atoms with Crippen LogP contribution in [-0.4, -0.2) is 61.5 Å². The second kappa shape index (κ2) is 22.7. The summed E-state index contributed by atoms with van der Waals surface area (Å²) >= 11 is 0. The van der Waals surface area contributed by atoms with Crippen LogP contribution in [0.5, 0.6) is 0 Å². The SMILES string of the molecule is CCCCCCCCCCCCCCCCCCOC(=O)C(C)O.[Ca+2].[H-].[H-]. The van der Waals surface area contributed by atoms with Gasteiger partial charge in [0, 0.05) is 0 Å². The third-order valence-corrected chi connectivity index (χ3v) is 4.58. The molecule has 1 N–H and O–H groups in total. The summed E-state index contributed by atoms with van der Waals surface area (Å²) in [5.41, 5.74) is 0. The summed E-state index contributed by atoms with van der Waals surface area (Å²) in [6.45, 7) is 4.16. The van der Waals surface area contributed by atoms with Gasteiger partial charge in [0.05, 0.1) is 6.61 Å². The quantitative estimate of drug-likeness (QED) is 0.179. The van der Waals surface area contributed by atoms with Gasteiger partial charge in [-0.25, -0.2) is 4.79 Å². The Labute approximate surface area is 189 Å². The molecule has 4 heteroatoms. The van der Waals surface area contributed by atoms with Gasteiger partial charge in [-0.3, -0.25) is 0 Å². The van der Waals surface area contributed by atoms with Gasteiger partial charge in [-0.1, -0.05) is 103 Å². The Morgan fingerprint density at radius 3 is 1.40 bits per heavy atom. The van der Waals surface area contributed by atoms with E-state index in [9.17, 15) is 4.79 Å². The van der Waals surface area contributed by atoms with Gasteiger partial charge in [0.25, 0.3) is 0 Å². The van der Waals surface area contributed by atoms with Crippen molar-refractivity contribution in [3.8, 4) is 0 Å². The van der Waals surface area contributed by atoms with Crippen LogP contribution >= 0.6 is 0 Å². The first kappa shape index (κ1) is 27.9. The van der Waals surface area contributed by atoms with E-state index in [1.54, 1.807) is 0 Å². The Morgan fingerprint density at radius 1 is 0.760 bits per heavy atom. The molecule has 0 heterocycles. The second-order valence-electron chi connectivity index (χ2n) is 7.15. The molecule has 0 radical (unpaired) electrons. The Balaban J connectivity index is -0.000000882. The van der Waals surface area contributed by atoms with Crippen LogP contribution in [0.2, 0.25) is 0 Å². The number of carbonyl (C=O) groups is 1. The van der Waals surface area contributed by atoms with E-state index in [0.717, 1.165) is 12.8 Å². The Bertz CT molecular complexity index is 280. The minimum absolute atomic E-state index is 0. The van der Waals surface area contributed by atoms with Crippen LogP contribution in [-0.2, 0) is 9.53 Å². The van der Waals surface area contributed by atoms with E-state index in [0.29, 0.717) is 6.61 Å². The zero-order chi connectivity index (χ0) is 17.9. The van der Waals surface area contributed by atoms with Gasteiger partial charge in [0.15, 0.2) is 0 Å². The van der Waals surface area contributed by atoms with E-state index in [4.69, 9.17) is 9.84 Å². The fourth-order valence-electron chi connectivity index (χ4n) is 2.94. The molecule has 0 bridgehead atoms. The van der Waals surface area contributed by atoms with Gasteiger partial charge in [0.1, 0.15) is 6.10 Å². The molecule has 0 aromatic carbocycles. The number of rotatable bonds is 18. The predicted octanol–water partition coefficient (Wildman–Crippen LogP) is 6.02. The maximum Gasteiger partial charge on any atom is 2.00 e. The van der Waals surface area contributed by atoms with Crippen molar-refractivity contribution in [1.29, 1.82) is 0 Å². The van der Waals surface area contributed by atoms with Gasteiger partial charge in [0.2, 0.25) is 0 Å². The molecule has 1 unspecified atom stereocenters. The van der Waals surface area contributed by atoms with Crippen LogP contribution < -0.4 is 0 Å². The maximum atomic E-state index is 11.0. The van der Waals surface area contributed by atoms with Gasteiger partial charge >= 0.3 is 43.7 Å².